The van der Waals surface area contributed by atoms with E-state index in [2.05, 4.69) is 39.8 Å². The van der Waals surface area contributed by atoms with Gasteiger partial charge in [-0.1, -0.05) is 51.0 Å². The zero-order chi connectivity index (χ0) is 16.0. The van der Waals surface area contributed by atoms with Gasteiger partial charge in [0, 0.05) is 5.92 Å². The van der Waals surface area contributed by atoms with Crippen molar-refractivity contribution in [1.29, 1.82) is 0 Å². The van der Waals surface area contributed by atoms with Crippen LogP contribution >= 0.6 is 0 Å². The molecule has 2 aliphatic carbocycles. The first-order valence-electron chi connectivity index (χ1n) is 8.57. The third kappa shape index (κ3) is 2.47. The first-order chi connectivity index (χ1) is 10.3. The SMILES string of the molecule is CC1=CC[C@H]2C(C)(C)CCC[C@]2(C)[C@H]1C=CC1=CCOC1=O. The highest BCUT2D eigenvalue weighted by Crippen LogP contribution is 2.59. The van der Waals surface area contributed by atoms with Gasteiger partial charge < -0.3 is 4.74 Å². The van der Waals surface area contributed by atoms with E-state index in [-0.39, 0.29) is 5.97 Å². The molecular formula is C20H28O2. The number of cyclic esters (lactones) is 1. The van der Waals surface area contributed by atoms with Crippen LogP contribution < -0.4 is 0 Å². The molecule has 22 heavy (non-hydrogen) atoms. The van der Waals surface area contributed by atoms with Gasteiger partial charge in [0.05, 0.1) is 5.57 Å². The van der Waals surface area contributed by atoms with Crippen LogP contribution in [0.15, 0.2) is 35.5 Å². The maximum Gasteiger partial charge on any atom is 0.338 e. The van der Waals surface area contributed by atoms with E-state index in [9.17, 15) is 4.79 Å². The van der Waals surface area contributed by atoms with Crippen LogP contribution in [0.4, 0.5) is 0 Å². The summed E-state index contributed by atoms with van der Waals surface area (Å²) in [5.74, 6) is 0.969. The number of fused-ring (bicyclic) bond motifs is 1. The van der Waals surface area contributed by atoms with Gasteiger partial charge in [-0.25, -0.2) is 4.79 Å². The lowest BCUT2D eigenvalue weighted by Gasteiger charge is -2.56. The molecule has 0 amide bonds. The molecule has 120 valence electrons. The molecule has 0 saturated heterocycles. The van der Waals surface area contributed by atoms with E-state index >= 15 is 0 Å². The van der Waals surface area contributed by atoms with Crippen molar-refractivity contribution >= 4 is 5.97 Å². The lowest BCUT2D eigenvalue weighted by Crippen LogP contribution is -2.47. The smallest absolute Gasteiger partial charge is 0.338 e. The minimum absolute atomic E-state index is 0.181. The molecule has 0 aromatic rings. The van der Waals surface area contributed by atoms with E-state index in [0.717, 1.165) is 5.92 Å². The Morgan fingerprint density at radius 2 is 2.00 bits per heavy atom. The van der Waals surface area contributed by atoms with Crippen LogP contribution in [-0.4, -0.2) is 12.6 Å². The number of hydrogen-bond donors (Lipinski definition) is 0. The minimum atomic E-state index is -0.181. The molecule has 2 nitrogen and oxygen atoms in total. The highest BCUT2D eigenvalue weighted by atomic mass is 16.5. The number of rotatable bonds is 2. The normalized spacial score (nSPS) is 37.5. The monoisotopic (exact) mass is 300 g/mol. The van der Waals surface area contributed by atoms with Crippen LogP contribution in [0.1, 0.15) is 53.4 Å². The summed E-state index contributed by atoms with van der Waals surface area (Å²) in [6.07, 6.45) is 13.7. The van der Waals surface area contributed by atoms with Crippen molar-refractivity contribution in [2.75, 3.05) is 6.61 Å². The van der Waals surface area contributed by atoms with E-state index in [1.165, 1.54) is 31.3 Å². The lowest BCUT2D eigenvalue weighted by molar-refractivity contribution is -0.135. The van der Waals surface area contributed by atoms with Crippen molar-refractivity contribution < 1.29 is 9.53 Å². The standard InChI is InChI=1S/C20H28O2/c1-14-6-9-17-19(2,3)11-5-12-20(17,4)16(14)8-7-15-10-13-22-18(15)21/h6-8,10,16-17H,5,9,11-13H2,1-4H3/t16-,17-,20+/m0/s1. The van der Waals surface area contributed by atoms with Gasteiger partial charge in [0.2, 0.25) is 0 Å². The van der Waals surface area contributed by atoms with Gasteiger partial charge >= 0.3 is 5.97 Å². The molecule has 3 atom stereocenters. The first-order valence-corrected chi connectivity index (χ1v) is 8.57. The second kappa shape index (κ2) is 5.40. The number of ether oxygens (including phenoxy) is 1. The third-order valence-electron chi connectivity index (χ3n) is 6.37. The molecule has 0 spiro atoms. The summed E-state index contributed by atoms with van der Waals surface area (Å²) in [4.78, 5) is 11.6. The second-order valence-electron chi connectivity index (χ2n) is 8.18. The Hall–Kier alpha value is -1.31. The van der Waals surface area contributed by atoms with Crippen LogP contribution in [0.25, 0.3) is 0 Å². The molecule has 1 fully saturated rings. The molecule has 1 saturated carbocycles. The van der Waals surface area contributed by atoms with Gasteiger partial charge in [0.25, 0.3) is 0 Å². The second-order valence-corrected chi connectivity index (χ2v) is 8.18. The maximum atomic E-state index is 11.6. The molecule has 0 radical (unpaired) electrons. The Balaban J connectivity index is 1.91. The quantitative estimate of drug-likeness (QED) is 0.539. The molecular weight excluding hydrogens is 272 g/mol. The average molecular weight is 300 g/mol. The number of hydrogen-bond acceptors (Lipinski definition) is 2. The van der Waals surface area contributed by atoms with Crippen molar-refractivity contribution in [3.8, 4) is 0 Å². The summed E-state index contributed by atoms with van der Waals surface area (Å²) in [6, 6.07) is 0. The van der Waals surface area contributed by atoms with Gasteiger partial charge in [-0.3, -0.25) is 0 Å². The van der Waals surface area contributed by atoms with Crippen LogP contribution in [0.2, 0.25) is 0 Å². The number of carbonyl (C=O) groups excluding carboxylic acids is 1. The largest absolute Gasteiger partial charge is 0.458 e. The predicted octanol–water partition coefficient (Wildman–Crippen LogP) is 4.82. The summed E-state index contributed by atoms with van der Waals surface area (Å²) >= 11 is 0. The van der Waals surface area contributed by atoms with Gasteiger partial charge in [-0.05, 0) is 49.0 Å². The Labute approximate surface area is 134 Å². The summed E-state index contributed by atoms with van der Waals surface area (Å²) in [7, 11) is 0. The molecule has 3 aliphatic rings. The third-order valence-corrected chi connectivity index (χ3v) is 6.37. The van der Waals surface area contributed by atoms with Crippen molar-refractivity contribution in [1.82, 2.24) is 0 Å². The Morgan fingerprint density at radius 3 is 2.68 bits per heavy atom. The zero-order valence-corrected chi connectivity index (χ0v) is 14.3. The van der Waals surface area contributed by atoms with Gasteiger partial charge in [-0.15, -0.1) is 0 Å². The van der Waals surface area contributed by atoms with Gasteiger partial charge in [-0.2, -0.15) is 0 Å². The van der Waals surface area contributed by atoms with Gasteiger partial charge in [0.15, 0.2) is 0 Å². The highest BCUT2D eigenvalue weighted by Gasteiger charge is 2.51. The van der Waals surface area contributed by atoms with E-state index in [4.69, 9.17) is 4.74 Å². The Kier molecular flexibility index (Phi) is 3.82. The Bertz CT molecular complexity index is 564. The van der Waals surface area contributed by atoms with E-state index in [1.54, 1.807) is 0 Å². The fourth-order valence-electron chi connectivity index (χ4n) is 5.16. The summed E-state index contributed by atoms with van der Waals surface area (Å²) in [6.45, 7) is 10.00. The van der Waals surface area contributed by atoms with Crippen molar-refractivity contribution in [3.05, 3.63) is 35.5 Å². The van der Waals surface area contributed by atoms with Gasteiger partial charge in [0.1, 0.15) is 6.61 Å². The minimum Gasteiger partial charge on any atom is -0.458 e. The average Bonchev–Trinajstić information content (AvgIpc) is 2.82. The summed E-state index contributed by atoms with van der Waals surface area (Å²) < 4.78 is 5.00. The molecule has 0 aromatic heterocycles. The molecule has 2 heteroatoms. The molecule has 0 aromatic carbocycles. The lowest BCUT2D eigenvalue weighted by atomic mass is 9.48. The zero-order valence-electron chi connectivity index (χ0n) is 14.3. The molecule has 1 heterocycles. The fraction of sp³-hybridized carbons (Fsp3) is 0.650. The van der Waals surface area contributed by atoms with E-state index < -0.39 is 0 Å². The molecule has 0 bridgehead atoms. The van der Waals surface area contributed by atoms with Crippen LogP contribution in [0, 0.1) is 22.7 Å². The first kappa shape index (κ1) is 15.6. The maximum absolute atomic E-state index is 11.6. The topological polar surface area (TPSA) is 26.3 Å². The molecule has 1 aliphatic heterocycles. The van der Waals surface area contributed by atoms with E-state index in [0.29, 0.717) is 28.9 Å². The molecule has 3 rings (SSSR count). The van der Waals surface area contributed by atoms with Crippen LogP contribution in [0.3, 0.4) is 0 Å². The van der Waals surface area contributed by atoms with Crippen molar-refractivity contribution in [3.63, 3.8) is 0 Å². The molecule has 0 N–H and O–H groups in total. The highest BCUT2D eigenvalue weighted by molar-refractivity contribution is 5.93. The predicted molar refractivity (Wildman–Crippen MR) is 89.3 cm³/mol. The number of allylic oxidation sites excluding steroid dienone is 3. The van der Waals surface area contributed by atoms with E-state index in [1.807, 2.05) is 12.2 Å². The van der Waals surface area contributed by atoms with Crippen molar-refractivity contribution in [2.24, 2.45) is 22.7 Å². The fourth-order valence-corrected chi connectivity index (χ4v) is 5.16. The molecule has 0 unspecified atom stereocenters. The summed E-state index contributed by atoms with van der Waals surface area (Å²) in [5.41, 5.74) is 2.88. The Morgan fingerprint density at radius 1 is 1.23 bits per heavy atom. The van der Waals surface area contributed by atoms with Crippen molar-refractivity contribution in [2.45, 2.75) is 53.4 Å². The number of carbonyl (C=O) groups is 1. The summed E-state index contributed by atoms with van der Waals surface area (Å²) in [5, 5.41) is 0. The van der Waals surface area contributed by atoms with Crippen LogP contribution in [-0.2, 0) is 9.53 Å². The van der Waals surface area contributed by atoms with Crippen LogP contribution in [0.5, 0.6) is 0 Å². The number of esters is 1.